The summed E-state index contributed by atoms with van der Waals surface area (Å²) in [5, 5.41) is 5.31. The third kappa shape index (κ3) is 2.86. The highest BCUT2D eigenvalue weighted by atomic mass is 35.5. The number of rotatable bonds is 3. The van der Waals surface area contributed by atoms with Crippen LogP contribution in [-0.4, -0.2) is 7.05 Å². The minimum absolute atomic E-state index is 0.577. The summed E-state index contributed by atoms with van der Waals surface area (Å²) in [6, 6.07) is 5.51. The summed E-state index contributed by atoms with van der Waals surface area (Å²) in [5.41, 5.74) is 8.31. The van der Waals surface area contributed by atoms with Crippen molar-refractivity contribution in [3.8, 4) is 0 Å². The summed E-state index contributed by atoms with van der Waals surface area (Å²) >= 11 is 14.0. The number of hydrogen-bond donors (Lipinski definition) is 1. The number of nitrogens with zero attached hydrogens (tertiary/aromatic N) is 1. The monoisotopic (exact) mass is 286 g/mol. The molecule has 0 spiro atoms. The topological polar surface area (TPSA) is 29.3 Å². The maximum Gasteiger partial charge on any atom is 0.0746 e. The number of nitrogens with two attached hydrogens (primary N) is 1. The Bertz CT molecular complexity index is 488. The molecule has 0 saturated heterocycles. The molecule has 2 rings (SSSR count). The van der Waals surface area contributed by atoms with Crippen LogP contribution in [0.25, 0.3) is 0 Å². The smallest absolute Gasteiger partial charge is 0.0746 e. The molecule has 0 bridgehead atoms. The molecule has 17 heavy (non-hydrogen) atoms. The van der Waals surface area contributed by atoms with Gasteiger partial charge in [-0.25, -0.2) is 0 Å². The van der Waals surface area contributed by atoms with Crippen LogP contribution < -0.4 is 10.6 Å². The fourth-order valence-corrected chi connectivity index (χ4v) is 3.14. The molecule has 0 radical (unpaired) electrons. The minimum Gasteiger partial charge on any atom is -0.399 e. The summed E-state index contributed by atoms with van der Waals surface area (Å²) in [6.07, 6.45) is 0. The van der Waals surface area contributed by atoms with Crippen LogP contribution in [0.2, 0.25) is 10.0 Å². The van der Waals surface area contributed by atoms with Crippen molar-refractivity contribution in [3.05, 3.63) is 44.6 Å². The van der Waals surface area contributed by atoms with Gasteiger partial charge in [0.05, 0.1) is 15.7 Å². The van der Waals surface area contributed by atoms with Gasteiger partial charge in [-0.2, -0.15) is 11.3 Å². The van der Waals surface area contributed by atoms with E-state index in [9.17, 15) is 0 Å². The van der Waals surface area contributed by atoms with Crippen molar-refractivity contribution in [2.75, 3.05) is 17.7 Å². The molecular formula is C12H12Cl2N2S. The van der Waals surface area contributed by atoms with Crippen LogP contribution in [0, 0.1) is 0 Å². The number of benzene rings is 1. The van der Waals surface area contributed by atoms with Crippen LogP contribution in [0.15, 0.2) is 29.0 Å². The number of thiophene rings is 1. The van der Waals surface area contributed by atoms with Gasteiger partial charge in [-0.15, -0.1) is 0 Å². The van der Waals surface area contributed by atoms with E-state index >= 15 is 0 Å². The fourth-order valence-electron chi connectivity index (χ4n) is 1.69. The lowest BCUT2D eigenvalue weighted by Gasteiger charge is -2.21. The van der Waals surface area contributed by atoms with E-state index in [0.717, 1.165) is 12.2 Å². The third-order valence-electron chi connectivity index (χ3n) is 2.42. The van der Waals surface area contributed by atoms with E-state index < -0.39 is 0 Å². The standard InChI is InChI=1S/C12H12Cl2N2S/c1-16(6-8-2-3-17-7-8)12-10(13)4-9(15)5-11(12)14/h2-5,7H,6,15H2,1H3. The molecule has 0 atom stereocenters. The number of nitrogen functional groups attached to an aromatic ring is 1. The quantitative estimate of drug-likeness (QED) is 0.854. The number of halogens is 2. The lowest BCUT2D eigenvalue weighted by Crippen LogP contribution is -2.16. The van der Waals surface area contributed by atoms with Crippen LogP contribution in [-0.2, 0) is 6.54 Å². The molecular weight excluding hydrogens is 275 g/mol. The Balaban J connectivity index is 2.27. The first-order valence-corrected chi connectivity index (χ1v) is 6.74. The van der Waals surface area contributed by atoms with E-state index in [1.165, 1.54) is 5.56 Å². The summed E-state index contributed by atoms with van der Waals surface area (Å²) in [5.74, 6) is 0. The zero-order valence-corrected chi connectivity index (χ0v) is 11.6. The molecule has 0 amide bonds. The maximum absolute atomic E-state index is 6.17. The molecule has 0 fully saturated rings. The lowest BCUT2D eigenvalue weighted by molar-refractivity contribution is 0.928. The average molecular weight is 287 g/mol. The van der Waals surface area contributed by atoms with Crippen LogP contribution in [0.4, 0.5) is 11.4 Å². The molecule has 1 aromatic carbocycles. The number of hydrogen-bond acceptors (Lipinski definition) is 3. The van der Waals surface area contributed by atoms with E-state index in [1.54, 1.807) is 23.5 Å². The van der Waals surface area contributed by atoms with Gasteiger partial charge in [0, 0.05) is 19.3 Å². The molecule has 1 heterocycles. The molecule has 90 valence electrons. The highest BCUT2D eigenvalue weighted by molar-refractivity contribution is 7.07. The van der Waals surface area contributed by atoms with Gasteiger partial charge in [-0.1, -0.05) is 23.2 Å². The molecule has 0 saturated carbocycles. The van der Waals surface area contributed by atoms with Gasteiger partial charge in [0.1, 0.15) is 0 Å². The number of anilines is 2. The molecule has 5 heteroatoms. The van der Waals surface area contributed by atoms with Crippen LogP contribution in [0.3, 0.4) is 0 Å². The molecule has 2 nitrogen and oxygen atoms in total. The van der Waals surface area contributed by atoms with Crippen molar-refractivity contribution in [3.63, 3.8) is 0 Å². The van der Waals surface area contributed by atoms with E-state index in [4.69, 9.17) is 28.9 Å². The van der Waals surface area contributed by atoms with Crippen molar-refractivity contribution in [1.82, 2.24) is 0 Å². The normalized spacial score (nSPS) is 10.5. The predicted molar refractivity (Wildman–Crippen MR) is 77.3 cm³/mol. The van der Waals surface area contributed by atoms with Crippen molar-refractivity contribution < 1.29 is 0 Å². The predicted octanol–water partition coefficient (Wildman–Crippen LogP) is 4.27. The third-order valence-corrected chi connectivity index (χ3v) is 3.73. The average Bonchev–Trinajstić information content (AvgIpc) is 2.68. The zero-order valence-electron chi connectivity index (χ0n) is 9.28. The van der Waals surface area contributed by atoms with Crippen molar-refractivity contribution >= 4 is 45.9 Å². The molecule has 0 aliphatic heterocycles. The Kier molecular flexibility index (Phi) is 3.82. The summed E-state index contributed by atoms with van der Waals surface area (Å²) in [4.78, 5) is 2.02. The van der Waals surface area contributed by atoms with Gasteiger partial charge < -0.3 is 10.6 Å². The van der Waals surface area contributed by atoms with Gasteiger partial charge in [0.15, 0.2) is 0 Å². The maximum atomic E-state index is 6.17. The van der Waals surface area contributed by atoms with Crippen LogP contribution in [0.1, 0.15) is 5.56 Å². The highest BCUT2D eigenvalue weighted by Crippen LogP contribution is 2.35. The SMILES string of the molecule is CN(Cc1ccsc1)c1c(Cl)cc(N)cc1Cl. The Labute approximate surface area is 115 Å². The summed E-state index contributed by atoms with van der Waals surface area (Å²) in [6.45, 7) is 0.771. The second kappa shape index (κ2) is 5.17. The van der Waals surface area contributed by atoms with Gasteiger partial charge >= 0.3 is 0 Å². The van der Waals surface area contributed by atoms with Gasteiger partial charge in [0.2, 0.25) is 0 Å². The molecule has 0 aliphatic rings. The summed E-state index contributed by atoms with van der Waals surface area (Å²) in [7, 11) is 1.96. The first-order chi connectivity index (χ1) is 8.08. The van der Waals surface area contributed by atoms with Gasteiger partial charge in [-0.05, 0) is 34.5 Å². The van der Waals surface area contributed by atoms with Gasteiger partial charge in [-0.3, -0.25) is 0 Å². The molecule has 0 unspecified atom stereocenters. The highest BCUT2D eigenvalue weighted by Gasteiger charge is 2.12. The second-order valence-corrected chi connectivity index (χ2v) is 5.42. The lowest BCUT2D eigenvalue weighted by atomic mass is 10.2. The minimum atomic E-state index is 0.577. The molecule has 0 aliphatic carbocycles. The molecule has 2 aromatic rings. The van der Waals surface area contributed by atoms with E-state index in [2.05, 4.69) is 16.8 Å². The Morgan fingerprint density at radius 1 is 1.29 bits per heavy atom. The molecule has 1 aromatic heterocycles. The van der Waals surface area contributed by atoms with Gasteiger partial charge in [0.25, 0.3) is 0 Å². The van der Waals surface area contributed by atoms with E-state index in [0.29, 0.717) is 15.7 Å². The Morgan fingerprint density at radius 3 is 2.47 bits per heavy atom. The molecule has 2 N–H and O–H groups in total. The van der Waals surface area contributed by atoms with E-state index in [-0.39, 0.29) is 0 Å². The van der Waals surface area contributed by atoms with Crippen molar-refractivity contribution in [2.24, 2.45) is 0 Å². The fraction of sp³-hybridized carbons (Fsp3) is 0.167. The Hall–Kier alpha value is -0.900. The summed E-state index contributed by atoms with van der Waals surface area (Å²) < 4.78 is 0. The second-order valence-electron chi connectivity index (χ2n) is 3.82. The Morgan fingerprint density at radius 2 is 1.94 bits per heavy atom. The largest absolute Gasteiger partial charge is 0.399 e. The zero-order chi connectivity index (χ0) is 12.4. The van der Waals surface area contributed by atoms with Crippen molar-refractivity contribution in [2.45, 2.75) is 6.54 Å². The first kappa shape index (κ1) is 12.6. The van der Waals surface area contributed by atoms with Crippen LogP contribution in [0.5, 0.6) is 0 Å². The van der Waals surface area contributed by atoms with Crippen LogP contribution >= 0.6 is 34.5 Å². The van der Waals surface area contributed by atoms with Crippen molar-refractivity contribution in [1.29, 1.82) is 0 Å². The van der Waals surface area contributed by atoms with E-state index in [1.807, 2.05) is 11.9 Å². The first-order valence-electron chi connectivity index (χ1n) is 5.04.